The first-order valence-corrected chi connectivity index (χ1v) is 11.6. The number of carbonyl (C=O) groups is 1. The van der Waals surface area contributed by atoms with E-state index < -0.39 is 16.1 Å². The van der Waals surface area contributed by atoms with Gasteiger partial charge in [0, 0.05) is 37.8 Å². The van der Waals surface area contributed by atoms with Crippen molar-refractivity contribution in [2.24, 2.45) is 5.92 Å². The first-order chi connectivity index (χ1) is 14.2. The zero-order valence-corrected chi connectivity index (χ0v) is 18.3. The molecule has 164 valence electrons. The van der Waals surface area contributed by atoms with E-state index in [2.05, 4.69) is 20.6 Å². The summed E-state index contributed by atoms with van der Waals surface area (Å²) in [4.78, 5) is 16.5. The van der Waals surface area contributed by atoms with Crippen molar-refractivity contribution in [3.05, 3.63) is 24.5 Å². The molecule has 1 atom stereocenters. The first kappa shape index (κ1) is 22.2. The minimum atomic E-state index is -3.35. The largest absolute Gasteiger partial charge is 0.384 e. The molecule has 0 radical (unpaired) electrons. The summed E-state index contributed by atoms with van der Waals surface area (Å²) in [5.41, 5.74) is 7.33. The Bertz CT molecular complexity index is 982. The summed E-state index contributed by atoms with van der Waals surface area (Å²) in [6.45, 7) is 1.72. The van der Waals surface area contributed by atoms with Gasteiger partial charge < -0.3 is 11.1 Å². The lowest BCUT2D eigenvalue weighted by atomic mass is 9.85. The van der Waals surface area contributed by atoms with E-state index in [-0.39, 0.29) is 23.6 Å². The number of anilines is 1. The predicted molar refractivity (Wildman–Crippen MR) is 114 cm³/mol. The van der Waals surface area contributed by atoms with Crippen LogP contribution in [0.1, 0.15) is 38.6 Å². The normalized spacial score (nSPS) is 20.8. The molecule has 1 amide bonds. The highest BCUT2D eigenvalue weighted by atomic mass is 32.2. The molecular weight excluding hydrogens is 406 g/mol. The Morgan fingerprint density at radius 1 is 1.33 bits per heavy atom. The van der Waals surface area contributed by atoms with Gasteiger partial charge in [0.25, 0.3) is 0 Å². The van der Waals surface area contributed by atoms with Crippen LogP contribution < -0.4 is 11.1 Å². The molecule has 0 spiro atoms. The molecule has 11 heteroatoms. The third kappa shape index (κ3) is 5.33. The maximum atomic E-state index is 12.6. The van der Waals surface area contributed by atoms with E-state index in [9.17, 15) is 13.2 Å². The van der Waals surface area contributed by atoms with E-state index in [1.807, 2.05) is 16.9 Å². The molecule has 0 saturated heterocycles. The fourth-order valence-corrected chi connectivity index (χ4v) is 4.68. The lowest BCUT2D eigenvalue weighted by molar-refractivity contribution is -0.126. The second kappa shape index (κ2) is 9.09. The number of rotatable bonds is 7. The number of hydrogen-bond acceptors (Lipinski definition) is 7. The lowest BCUT2D eigenvalue weighted by Gasteiger charge is -2.28. The average Bonchev–Trinajstić information content (AvgIpc) is 3.17. The van der Waals surface area contributed by atoms with Crippen molar-refractivity contribution in [2.45, 2.75) is 44.7 Å². The molecule has 3 rings (SSSR count). The van der Waals surface area contributed by atoms with Gasteiger partial charge in [-0.05, 0) is 44.7 Å². The van der Waals surface area contributed by atoms with Crippen molar-refractivity contribution >= 4 is 21.7 Å². The smallest absolute Gasteiger partial charge is 0.223 e. The number of aromatic nitrogens is 4. The molecule has 0 bridgehead atoms. The van der Waals surface area contributed by atoms with Gasteiger partial charge in [-0.1, -0.05) is 5.21 Å². The van der Waals surface area contributed by atoms with Crippen molar-refractivity contribution in [2.75, 3.05) is 25.6 Å². The van der Waals surface area contributed by atoms with Crippen LogP contribution in [0.5, 0.6) is 0 Å². The number of nitrogens with zero attached hydrogens (tertiary/aromatic N) is 5. The summed E-state index contributed by atoms with van der Waals surface area (Å²) < 4.78 is 27.0. The molecule has 1 aliphatic carbocycles. The minimum Gasteiger partial charge on any atom is -0.384 e. The summed E-state index contributed by atoms with van der Waals surface area (Å²) in [6.07, 6.45) is 6.60. The molecule has 1 saturated carbocycles. The standard InChI is InChI=1S/C19H29N7O3S/c1-13(12-30(28,29)25(2)3)22-19(27)14-4-6-16(7-5-14)26-11-17(23-24-26)15-8-9-21-18(20)10-15/h8-11,13-14,16H,4-7,12H2,1-3H3,(H2,20,21)(H,22,27). The van der Waals surface area contributed by atoms with Crippen LogP contribution in [0.3, 0.4) is 0 Å². The van der Waals surface area contributed by atoms with Crippen molar-refractivity contribution in [1.82, 2.24) is 29.6 Å². The minimum absolute atomic E-state index is 0.0820. The lowest BCUT2D eigenvalue weighted by Crippen LogP contribution is -2.43. The van der Waals surface area contributed by atoms with Gasteiger partial charge in [-0.2, -0.15) is 0 Å². The molecule has 2 aromatic heterocycles. The maximum absolute atomic E-state index is 12.6. The van der Waals surface area contributed by atoms with Gasteiger partial charge in [0.05, 0.1) is 18.0 Å². The zero-order chi connectivity index (χ0) is 21.9. The summed E-state index contributed by atoms with van der Waals surface area (Å²) in [5.74, 6) is 0.124. The molecule has 0 aromatic carbocycles. The van der Waals surface area contributed by atoms with Gasteiger partial charge in [-0.25, -0.2) is 22.4 Å². The van der Waals surface area contributed by atoms with Crippen LogP contribution in [0.15, 0.2) is 24.5 Å². The predicted octanol–water partition coefficient (Wildman–Crippen LogP) is 1.05. The number of pyridine rings is 1. The van der Waals surface area contributed by atoms with Crippen molar-refractivity contribution in [3.8, 4) is 11.3 Å². The quantitative estimate of drug-likeness (QED) is 0.663. The fraction of sp³-hybridized carbons (Fsp3) is 0.579. The van der Waals surface area contributed by atoms with E-state index in [1.54, 1.807) is 19.2 Å². The molecule has 2 heterocycles. The Morgan fingerprint density at radius 2 is 2.03 bits per heavy atom. The molecule has 1 unspecified atom stereocenters. The molecule has 3 N–H and O–H groups in total. The van der Waals surface area contributed by atoms with Crippen molar-refractivity contribution < 1.29 is 13.2 Å². The molecule has 1 aliphatic rings. The van der Waals surface area contributed by atoms with E-state index in [0.29, 0.717) is 5.82 Å². The topological polar surface area (TPSA) is 136 Å². The number of sulfonamides is 1. The number of nitrogens with two attached hydrogens (primary N) is 1. The maximum Gasteiger partial charge on any atom is 0.223 e. The second-order valence-electron chi connectivity index (χ2n) is 8.03. The number of amides is 1. The summed E-state index contributed by atoms with van der Waals surface area (Å²) in [5, 5.41) is 11.3. The second-order valence-corrected chi connectivity index (χ2v) is 10.3. The van der Waals surface area contributed by atoms with E-state index in [0.717, 1.165) is 36.9 Å². The van der Waals surface area contributed by atoms with Crippen molar-refractivity contribution in [1.29, 1.82) is 0 Å². The number of nitrogen functional groups attached to an aromatic ring is 1. The van der Waals surface area contributed by atoms with Gasteiger partial charge in [0.1, 0.15) is 11.5 Å². The molecule has 10 nitrogen and oxygen atoms in total. The van der Waals surface area contributed by atoms with Crippen LogP contribution in [0.25, 0.3) is 11.3 Å². The van der Waals surface area contributed by atoms with Gasteiger partial charge >= 0.3 is 0 Å². The Morgan fingerprint density at radius 3 is 2.67 bits per heavy atom. The zero-order valence-electron chi connectivity index (χ0n) is 17.5. The first-order valence-electron chi connectivity index (χ1n) is 10.00. The van der Waals surface area contributed by atoms with E-state index >= 15 is 0 Å². The van der Waals surface area contributed by atoms with E-state index in [4.69, 9.17) is 5.73 Å². The van der Waals surface area contributed by atoms with Crippen LogP contribution >= 0.6 is 0 Å². The SMILES string of the molecule is CC(CS(=O)(=O)N(C)C)NC(=O)C1CCC(n2cc(-c3ccnc(N)c3)nn2)CC1. The highest BCUT2D eigenvalue weighted by Gasteiger charge is 2.29. The van der Waals surface area contributed by atoms with Gasteiger partial charge in [0.15, 0.2) is 0 Å². The Hall–Kier alpha value is -2.53. The van der Waals surface area contributed by atoms with Crippen LogP contribution in [-0.4, -0.2) is 64.5 Å². The fourth-order valence-electron chi connectivity index (χ4n) is 3.67. The summed E-state index contributed by atoms with van der Waals surface area (Å²) in [7, 11) is -0.373. The summed E-state index contributed by atoms with van der Waals surface area (Å²) in [6, 6.07) is 3.34. The van der Waals surface area contributed by atoms with Gasteiger partial charge in [-0.15, -0.1) is 5.10 Å². The monoisotopic (exact) mass is 435 g/mol. The molecular formula is C19H29N7O3S. The molecule has 30 heavy (non-hydrogen) atoms. The van der Waals surface area contributed by atoms with Gasteiger partial charge in [-0.3, -0.25) is 4.79 Å². The van der Waals surface area contributed by atoms with Crippen LogP contribution in [0.4, 0.5) is 5.82 Å². The number of nitrogens with one attached hydrogen (secondary N) is 1. The third-order valence-corrected chi connectivity index (χ3v) is 7.47. The van der Waals surface area contributed by atoms with E-state index in [1.165, 1.54) is 18.4 Å². The molecule has 1 fully saturated rings. The van der Waals surface area contributed by atoms with Crippen LogP contribution in [0.2, 0.25) is 0 Å². The average molecular weight is 436 g/mol. The Kier molecular flexibility index (Phi) is 6.71. The highest BCUT2D eigenvalue weighted by molar-refractivity contribution is 7.89. The molecule has 2 aromatic rings. The Balaban J connectivity index is 1.53. The van der Waals surface area contributed by atoms with Gasteiger partial charge in [0.2, 0.25) is 15.9 Å². The number of hydrogen-bond donors (Lipinski definition) is 2. The molecule has 0 aliphatic heterocycles. The summed E-state index contributed by atoms with van der Waals surface area (Å²) >= 11 is 0. The highest BCUT2D eigenvalue weighted by Crippen LogP contribution is 2.32. The van der Waals surface area contributed by atoms with Crippen molar-refractivity contribution in [3.63, 3.8) is 0 Å². The van der Waals surface area contributed by atoms with Crippen LogP contribution in [-0.2, 0) is 14.8 Å². The number of carbonyl (C=O) groups excluding carboxylic acids is 1. The van der Waals surface area contributed by atoms with Crippen LogP contribution in [0, 0.1) is 5.92 Å². The Labute approximate surface area is 176 Å². The third-order valence-electron chi connectivity index (χ3n) is 5.43.